The first-order chi connectivity index (χ1) is 8.63. The minimum Gasteiger partial charge on any atom is -0.475 e. The molecule has 0 unspecified atom stereocenters. The Morgan fingerprint density at radius 3 is 2.89 bits per heavy atom. The summed E-state index contributed by atoms with van der Waals surface area (Å²) in [6, 6.07) is 1.82. The van der Waals surface area contributed by atoms with Gasteiger partial charge in [0.2, 0.25) is 11.8 Å². The number of anilines is 1. The Bertz CT molecular complexity index is 495. The van der Waals surface area contributed by atoms with Crippen molar-refractivity contribution in [2.45, 2.75) is 33.4 Å². The number of H-pyrrole nitrogens is 1. The van der Waals surface area contributed by atoms with Crippen LogP contribution in [0.2, 0.25) is 0 Å². The van der Waals surface area contributed by atoms with E-state index in [1.165, 1.54) is 0 Å². The van der Waals surface area contributed by atoms with E-state index in [1.54, 1.807) is 12.5 Å². The van der Waals surface area contributed by atoms with Gasteiger partial charge in [0, 0.05) is 18.0 Å². The van der Waals surface area contributed by atoms with Crippen LogP contribution in [0.3, 0.4) is 0 Å². The van der Waals surface area contributed by atoms with Crippen molar-refractivity contribution in [3.63, 3.8) is 0 Å². The van der Waals surface area contributed by atoms with Gasteiger partial charge in [-0.3, -0.25) is 0 Å². The van der Waals surface area contributed by atoms with Crippen LogP contribution >= 0.6 is 0 Å². The molecule has 0 aliphatic heterocycles. The molecule has 18 heavy (non-hydrogen) atoms. The summed E-state index contributed by atoms with van der Waals surface area (Å²) < 4.78 is 5.56. The third-order valence-electron chi connectivity index (χ3n) is 2.18. The summed E-state index contributed by atoms with van der Waals surface area (Å²) in [5, 5.41) is 3.13. The number of aromatic nitrogens is 4. The molecule has 0 radical (unpaired) electrons. The molecule has 0 aliphatic rings. The lowest BCUT2D eigenvalue weighted by Gasteiger charge is -2.11. The summed E-state index contributed by atoms with van der Waals surface area (Å²) in [5.41, 5.74) is 1.85. The lowest BCUT2D eigenvalue weighted by atomic mass is 10.4. The monoisotopic (exact) mass is 247 g/mol. The van der Waals surface area contributed by atoms with Gasteiger partial charge in [-0.15, -0.1) is 0 Å². The van der Waals surface area contributed by atoms with Crippen molar-refractivity contribution >= 4 is 5.95 Å². The normalized spacial score (nSPS) is 10.7. The van der Waals surface area contributed by atoms with Crippen LogP contribution in [0, 0.1) is 6.92 Å². The summed E-state index contributed by atoms with van der Waals surface area (Å²) in [7, 11) is 0. The number of imidazole rings is 1. The number of aromatic amines is 1. The van der Waals surface area contributed by atoms with E-state index in [2.05, 4.69) is 25.3 Å². The Labute approximate surface area is 106 Å². The molecule has 2 aromatic rings. The Morgan fingerprint density at radius 2 is 2.22 bits per heavy atom. The molecule has 0 spiro atoms. The third-order valence-corrected chi connectivity index (χ3v) is 2.18. The summed E-state index contributed by atoms with van der Waals surface area (Å²) in [4.78, 5) is 15.6. The molecule has 2 N–H and O–H groups in total. The van der Waals surface area contributed by atoms with Gasteiger partial charge >= 0.3 is 0 Å². The van der Waals surface area contributed by atoms with Crippen LogP contribution in [0.25, 0.3) is 0 Å². The van der Waals surface area contributed by atoms with Gasteiger partial charge in [0.05, 0.1) is 24.7 Å². The molecule has 2 rings (SSSR count). The minimum atomic E-state index is 0.0970. The predicted molar refractivity (Wildman–Crippen MR) is 68.4 cm³/mol. The maximum Gasteiger partial charge on any atom is 0.226 e. The summed E-state index contributed by atoms with van der Waals surface area (Å²) in [6.45, 7) is 6.45. The standard InChI is InChI=1S/C12H17N5O/c1-8(2)18-11-4-9(3)16-12(17-11)14-6-10-5-13-7-15-10/h4-5,7-8H,6H2,1-3H3,(H,13,15)(H,14,16,17). The van der Waals surface area contributed by atoms with Crippen molar-refractivity contribution in [2.24, 2.45) is 0 Å². The number of nitrogens with one attached hydrogen (secondary N) is 2. The molecule has 0 saturated heterocycles. The highest BCUT2D eigenvalue weighted by Crippen LogP contribution is 2.13. The van der Waals surface area contributed by atoms with E-state index >= 15 is 0 Å². The van der Waals surface area contributed by atoms with Gasteiger partial charge in [-0.05, 0) is 20.8 Å². The molecule has 0 aromatic carbocycles. The van der Waals surface area contributed by atoms with Crippen molar-refractivity contribution in [1.82, 2.24) is 19.9 Å². The second-order valence-corrected chi connectivity index (χ2v) is 4.27. The van der Waals surface area contributed by atoms with Gasteiger partial charge in [-0.25, -0.2) is 9.97 Å². The average Bonchev–Trinajstić information content (AvgIpc) is 2.77. The van der Waals surface area contributed by atoms with Crippen LogP contribution in [0.4, 0.5) is 5.95 Å². The van der Waals surface area contributed by atoms with Crippen LogP contribution < -0.4 is 10.1 Å². The molecule has 2 heterocycles. The predicted octanol–water partition coefficient (Wildman–Crippen LogP) is 1.91. The van der Waals surface area contributed by atoms with Crippen molar-refractivity contribution in [3.05, 3.63) is 30.0 Å². The van der Waals surface area contributed by atoms with E-state index in [0.717, 1.165) is 11.4 Å². The van der Waals surface area contributed by atoms with Crippen molar-refractivity contribution in [3.8, 4) is 5.88 Å². The fourth-order valence-electron chi connectivity index (χ4n) is 1.48. The molecule has 0 fully saturated rings. The molecule has 0 bridgehead atoms. The quantitative estimate of drug-likeness (QED) is 0.844. The minimum absolute atomic E-state index is 0.0970. The number of ether oxygens (including phenoxy) is 1. The van der Waals surface area contributed by atoms with Crippen molar-refractivity contribution in [1.29, 1.82) is 0 Å². The average molecular weight is 247 g/mol. The first-order valence-corrected chi connectivity index (χ1v) is 5.87. The number of nitrogens with zero attached hydrogens (tertiary/aromatic N) is 3. The molecular weight excluding hydrogens is 230 g/mol. The topological polar surface area (TPSA) is 75.7 Å². The van der Waals surface area contributed by atoms with Crippen LogP contribution in [-0.4, -0.2) is 26.0 Å². The molecular formula is C12H17N5O. The molecule has 96 valence electrons. The lowest BCUT2D eigenvalue weighted by molar-refractivity contribution is 0.232. The van der Waals surface area contributed by atoms with Gasteiger partial charge in [0.15, 0.2) is 0 Å². The molecule has 0 amide bonds. The Morgan fingerprint density at radius 1 is 1.39 bits per heavy atom. The zero-order valence-electron chi connectivity index (χ0n) is 10.8. The van der Waals surface area contributed by atoms with Gasteiger partial charge in [0.1, 0.15) is 0 Å². The second-order valence-electron chi connectivity index (χ2n) is 4.27. The number of rotatable bonds is 5. The fourth-order valence-corrected chi connectivity index (χ4v) is 1.48. The second kappa shape index (κ2) is 5.48. The largest absolute Gasteiger partial charge is 0.475 e. The van der Waals surface area contributed by atoms with E-state index in [9.17, 15) is 0 Å². The SMILES string of the molecule is Cc1cc(OC(C)C)nc(NCc2cnc[nH]2)n1. The summed E-state index contributed by atoms with van der Waals surface area (Å²) in [5.74, 6) is 1.14. The highest BCUT2D eigenvalue weighted by Gasteiger charge is 2.05. The number of hydrogen-bond donors (Lipinski definition) is 2. The number of aryl methyl sites for hydroxylation is 1. The van der Waals surface area contributed by atoms with Gasteiger partial charge < -0.3 is 15.0 Å². The fraction of sp³-hybridized carbons (Fsp3) is 0.417. The van der Waals surface area contributed by atoms with Crippen molar-refractivity contribution < 1.29 is 4.74 Å². The van der Waals surface area contributed by atoms with Crippen LogP contribution in [0.5, 0.6) is 5.88 Å². The Kier molecular flexibility index (Phi) is 3.76. The molecule has 6 nitrogen and oxygen atoms in total. The highest BCUT2D eigenvalue weighted by molar-refractivity contribution is 5.31. The van der Waals surface area contributed by atoms with Gasteiger partial charge in [-0.1, -0.05) is 0 Å². The van der Waals surface area contributed by atoms with E-state index < -0.39 is 0 Å². The van der Waals surface area contributed by atoms with Crippen LogP contribution in [0.15, 0.2) is 18.6 Å². The zero-order chi connectivity index (χ0) is 13.0. The first-order valence-electron chi connectivity index (χ1n) is 5.87. The highest BCUT2D eigenvalue weighted by atomic mass is 16.5. The van der Waals surface area contributed by atoms with Crippen LogP contribution in [-0.2, 0) is 6.54 Å². The molecule has 2 aromatic heterocycles. The first kappa shape index (κ1) is 12.3. The van der Waals surface area contributed by atoms with E-state index in [-0.39, 0.29) is 6.10 Å². The van der Waals surface area contributed by atoms with E-state index in [1.807, 2.05) is 26.8 Å². The van der Waals surface area contributed by atoms with Crippen LogP contribution in [0.1, 0.15) is 25.2 Å². The Hall–Kier alpha value is -2.11. The summed E-state index contributed by atoms with van der Waals surface area (Å²) >= 11 is 0. The van der Waals surface area contributed by atoms with E-state index in [0.29, 0.717) is 18.4 Å². The molecule has 0 saturated carbocycles. The van der Waals surface area contributed by atoms with E-state index in [4.69, 9.17) is 4.74 Å². The lowest BCUT2D eigenvalue weighted by Crippen LogP contribution is -2.10. The molecule has 0 aliphatic carbocycles. The number of hydrogen-bond acceptors (Lipinski definition) is 5. The summed E-state index contributed by atoms with van der Waals surface area (Å²) in [6.07, 6.45) is 3.50. The maximum atomic E-state index is 5.56. The Balaban J connectivity index is 2.05. The molecule has 0 atom stereocenters. The van der Waals surface area contributed by atoms with Crippen molar-refractivity contribution in [2.75, 3.05) is 5.32 Å². The van der Waals surface area contributed by atoms with Gasteiger partial charge in [-0.2, -0.15) is 4.98 Å². The maximum absolute atomic E-state index is 5.56. The van der Waals surface area contributed by atoms with Gasteiger partial charge in [0.25, 0.3) is 0 Å². The third kappa shape index (κ3) is 3.44. The smallest absolute Gasteiger partial charge is 0.226 e. The molecule has 6 heteroatoms. The zero-order valence-corrected chi connectivity index (χ0v) is 10.8.